The van der Waals surface area contributed by atoms with Gasteiger partial charge in [0.2, 0.25) is 5.69 Å². The molecule has 0 radical (unpaired) electrons. The molecule has 7 rings (SSSR count). The van der Waals surface area contributed by atoms with Crippen LogP contribution in [0.2, 0.25) is 0 Å². The molecule has 68 heavy (non-hydrogen) atoms. The van der Waals surface area contributed by atoms with E-state index in [1.54, 1.807) is 21.6 Å². The second-order valence-corrected chi connectivity index (χ2v) is 20.9. The third-order valence-electron chi connectivity index (χ3n) is 12.9. The van der Waals surface area contributed by atoms with Gasteiger partial charge in [0.1, 0.15) is 5.69 Å². The fourth-order valence-corrected chi connectivity index (χ4v) is 10.8. The Morgan fingerprint density at radius 2 is 1.18 bits per heavy atom. The van der Waals surface area contributed by atoms with E-state index in [1.807, 2.05) is 70.5 Å². The number of aliphatic hydroxyl groups excluding tert-OH is 4. The number of hydrogen-bond donors (Lipinski definition) is 7. The van der Waals surface area contributed by atoms with Crippen LogP contribution in [0.5, 0.6) is 0 Å². The predicted molar refractivity (Wildman–Crippen MR) is 277 cm³/mol. The first-order chi connectivity index (χ1) is 32.9. The monoisotopic (exact) mass is 958 g/mol. The lowest BCUT2D eigenvalue weighted by Gasteiger charge is -2.25. The molecule has 0 atom stereocenters. The summed E-state index contributed by atoms with van der Waals surface area (Å²) < 4.78 is 2.20. The van der Waals surface area contributed by atoms with E-state index in [0.29, 0.717) is 50.4 Å². The van der Waals surface area contributed by atoms with Crippen LogP contribution in [0.15, 0.2) is 122 Å². The van der Waals surface area contributed by atoms with E-state index in [2.05, 4.69) is 109 Å². The third kappa shape index (κ3) is 11.9. The van der Waals surface area contributed by atoms with Gasteiger partial charge in [-0.25, -0.2) is 0 Å². The molecule has 3 heterocycles. The van der Waals surface area contributed by atoms with E-state index in [-0.39, 0.29) is 49.1 Å². The van der Waals surface area contributed by atoms with Crippen molar-refractivity contribution in [2.24, 2.45) is 0 Å². The van der Waals surface area contributed by atoms with Crippen molar-refractivity contribution in [1.29, 1.82) is 0 Å². The highest BCUT2D eigenvalue weighted by molar-refractivity contribution is 8.76. The van der Waals surface area contributed by atoms with Crippen molar-refractivity contribution in [3.63, 3.8) is 0 Å². The van der Waals surface area contributed by atoms with Gasteiger partial charge in [-0.2, -0.15) is 4.57 Å². The zero-order chi connectivity index (χ0) is 48.3. The number of carbonyl (C=O) groups excluding carboxylic acids is 2. The van der Waals surface area contributed by atoms with Gasteiger partial charge in [-0.1, -0.05) is 65.8 Å². The summed E-state index contributed by atoms with van der Waals surface area (Å²) in [5.74, 6) is 1.25. The van der Waals surface area contributed by atoms with Crippen LogP contribution in [0.4, 0.5) is 17.1 Å². The number of hydrogen-bond acceptors (Lipinski definition) is 10. The van der Waals surface area contributed by atoms with Gasteiger partial charge < -0.3 is 40.9 Å². The summed E-state index contributed by atoms with van der Waals surface area (Å²) in [7, 11) is 3.34. The molecular formula is C54H66N6O6S2+2. The van der Waals surface area contributed by atoms with Gasteiger partial charge in [0.15, 0.2) is 11.9 Å². The second-order valence-electron chi connectivity index (χ2n) is 18.2. The van der Waals surface area contributed by atoms with Crippen molar-refractivity contribution in [3.05, 3.63) is 155 Å². The van der Waals surface area contributed by atoms with Gasteiger partial charge in [0.25, 0.3) is 11.8 Å². The molecule has 14 heteroatoms. The van der Waals surface area contributed by atoms with Gasteiger partial charge in [-0.3, -0.25) is 14.9 Å². The molecule has 0 unspecified atom stereocenters. The molecule has 0 fully saturated rings. The molecule has 0 aliphatic carbocycles. The summed E-state index contributed by atoms with van der Waals surface area (Å²) in [4.78, 5) is 30.6. The molecule has 2 aliphatic rings. The number of anilines is 2. The molecule has 12 nitrogen and oxygen atoms in total. The Bertz CT molecular complexity index is 2590. The molecule has 2 amide bonds. The molecule has 0 spiro atoms. The molecule has 0 saturated carbocycles. The van der Waals surface area contributed by atoms with Crippen LogP contribution in [0.1, 0.15) is 77.2 Å². The Kier molecular flexibility index (Phi) is 17.2. The molecule has 0 saturated heterocycles. The van der Waals surface area contributed by atoms with Crippen molar-refractivity contribution in [2.75, 3.05) is 87.0 Å². The maximum absolute atomic E-state index is 13.4. The normalized spacial score (nSPS) is 15.6. The first-order valence-electron chi connectivity index (χ1n) is 23.4. The molecule has 0 bridgehead atoms. The van der Waals surface area contributed by atoms with E-state index in [1.165, 1.54) is 0 Å². The average molecular weight is 959 g/mol. The largest absolute Gasteiger partial charge is 0.395 e. The SMILES string of the molecule is CC1(C)C/C=C(c2ccc(N(CCO)CCO)cc2)\C=C/[NH2+]c2ccc(C(=O)NCCSSCCNC(=O)c3ccc4c(c3)C(C)(C)c3cc(-c5ccc(N(CCO)CCO)cc5)cc[n+]3-4)cc21. The Labute approximate surface area is 408 Å². The number of aliphatic hydroxyl groups is 4. The molecule has 8 N–H and O–H groups in total. The van der Waals surface area contributed by atoms with Gasteiger partial charge >= 0.3 is 0 Å². The van der Waals surface area contributed by atoms with Crippen molar-refractivity contribution in [3.8, 4) is 16.8 Å². The fraction of sp³-hybridized carbons (Fsp3) is 0.352. The number of nitrogens with one attached hydrogen (secondary N) is 2. The number of rotatable bonds is 21. The first kappa shape index (κ1) is 50.4. The number of quaternary nitrogens is 1. The van der Waals surface area contributed by atoms with E-state index < -0.39 is 0 Å². The predicted octanol–water partition coefficient (Wildman–Crippen LogP) is 5.87. The fourth-order valence-electron chi connectivity index (χ4n) is 9.03. The van der Waals surface area contributed by atoms with Gasteiger partial charge in [0.05, 0.1) is 38.0 Å². The molecule has 4 aromatic carbocycles. The number of nitrogens with two attached hydrogens (primary N) is 1. The van der Waals surface area contributed by atoms with Crippen molar-refractivity contribution in [1.82, 2.24) is 10.6 Å². The van der Waals surface area contributed by atoms with Crippen LogP contribution in [0, 0.1) is 0 Å². The Balaban J connectivity index is 0.859. The van der Waals surface area contributed by atoms with Gasteiger partial charge in [0, 0.05) is 109 Å². The number of fused-ring (bicyclic) bond motifs is 4. The Morgan fingerprint density at radius 3 is 1.74 bits per heavy atom. The number of aromatic nitrogens is 1. The van der Waals surface area contributed by atoms with Crippen LogP contribution >= 0.6 is 21.6 Å². The minimum absolute atomic E-state index is 0.0172. The third-order valence-corrected chi connectivity index (χ3v) is 15.3. The maximum atomic E-state index is 13.4. The molecule has 5 aromatic rings. The lowest BCUT2D eigenvalue weighted by molar-refractivity contribution is -0.599. The van der Waals surface area contributed by atoms with Crippen LogP contribution in [-0.4, -0.2) is 109 Å². The summed E-state index contributed by atoms with van der Waals surface area (Å²) in [6.07, 6.45) is 9.30. The van der Waals surface area contributed by atoms with Crippen LogP contribution < -0.4 is 30.3 Å². The number of nitrogens with zero attached hydrogens (tertiary/aromatic N) is 3. The lowest BCUT2D eigenvalue weighted by atomic mass is 9.79. The zero-order valence-corrected chi connectivity index (χ0v) is 41.2. The first-order valence-corrected chi connectivity index (χ1v) is 25.9. The summed E-state index contributed by atoms with van der Waals surface area (Å²) in [6, 6.07) is 32.6. The van der Waals surface area contributed by atoms with E-state index in [0.717, 1.165) is 79.8 Å². The van der Waals surface area contributed by atoms with E-state index >= 15 is 0 Å². The van der Waals surface area contributed by atoms with E-state index in [4.69, 9.17) is 0 Å². The maximum Gasteiger partial charge on any atom is 0.251 e. The smallest absolute Gasteiger partial charge is 0.251 e. The standard InChI is InChI=1S/C54H64N6O6S2/c1-53(2)20-17-40(38-5-11-44(12-6-38)58(25-29-61)26-30-62)18-21-55-48-15-9-42(35-46(48)53)51(65)56-22-33-67-68-34-23-57-52(66)43-10-16-49-47(36-43)54(3,4)50-37-41(19-24-60(49)50)39-7-13-45(14-8-39)59(27-31-63)28-32-64/h5-19,21,24,35-37,61-64H,20,22-23,25-34H2,1-4H3,(H2-,55,56,57,65,66)/p+2/b21-18-,40-17+. The lowest BCUT2D eigenvalue weighted by Crippen LogP contribution is -2.71. The highest BCUT2D eigenvalue weighted by atomic mass is 33.1. The molecule has 2 aliphatic heterocycles. The number of amides is 2. The van der Waals surface area contributed by atoms with E-state index in [9.17, 15) is 30.0 Å². The summed E-state index contributed by atoms with van der Waals surface area (Å²) in [5, 5.41) is 46.1. The average Bonchev–Trinajstić information content (AvgIpc) is 3.60. The number of allylic oxidation sites excluding steroid dienone is 3. The number of pyridine rings is 1. The topological polar surface area (TPSA) is 166 Å². The second kappa shape index (κ2) is 23.2. The van der Waals surface area contributed by atoms with Crippen molar-refractivity contribution in [2.45, 2.75) is 44.9 Å². The number of benzene rings is 4. The number of carbonyl (C=O) groups is 2. The van der Waals surface area contributed by atoms with Crippen LogP contribution in [-0.2, 0) is 10.8 Å². The Morgan fingerprint density at radius 1 is 0.647 bits per heavy atom. The summed E-state index contributed by atoms with van der Waals surface area (Å²) >= 11 is 0. The quantitative estimate of drug-likeness (QED) is 0.0205. The summed E-state index contributed by atoms with van der Waals surface area (Å²) in [6.45, 7) is 11.8. The highest BCUT2D eigenvalue weighted by Crippen LogP contribution is 2.40. The molecule has 358 valence electrons. The molecule has 1 aromatic heterocycles. The minimum atomic E-state index is -0.334. The zero-order valence-electron chi connectivity index (χ0n) is 39.6. The van der Waals surface area contributed by atoms with Crippen molar-refractivity contribution < 1.29 is 39.9 Å². The van der Waals surface area contributed by atoms with Crippen LogP contribution in [0.3, 0.4) is 0 Å². The minimum Gasteiger partial charge on any atom is -0.395 e. The molecular weight excluding hydrogens is 893 g/mol. The van der Waals surface area contributed by atoms with Gasteiger partial charge in [-0.15, -0.1) is 0 Å². The summed E-state index contributed by atoms with van der Waals surface area (Å²) in [5.41, 5.74) is 12.4. The Hall–Kier alpha value is -5.45. The van der Waals surface area contributed by atoms with Crippen molar-refractivity contribution >= 4 is 56.0 Å². The highest BCUT2D eigenvalue weighted by Gasteiger charge is 2.44. The van der Waals surface area contributed by atoms with Gasteiger partial charge in [-0.05, 0) is 103 Å². The van der Waals surface area contributed by atoms with Crippen LogP contribution in [0.25, 0.3) is 22.4 Å².